The number of likely N-dealkylation sites (tertiary alicyclic amines) is 1. The van der Waals surface area contributed by atoms with Crippen LogP contribution in [0.25, 0.3) is 0 Å². The Morgan fingerprint density at radius 1 is 1.13 bits per heavy atom. The van der Waals surface area contributed by atoms with Crippen LogP contribution in [-0.2, 0) is 20.9 Å². The summed E-state index contributed by atoms with van der Waals surface area (Å²) in [6, 6.07) is 9.21. The number of thioether (sulfide) groups is 1. The van der Waals surface area contributed by atoms with Gasteiger partial charge in [0.1, 0.15) is 6.04 Å². The van der Waals surface area contributed by atoms with Gasteiger partial charge in [0.2, 0.25) is 17.7 Å². The second-order valence-electron chi connectivity index (χ2n) is 10.8. The number of halogens is 1. The molecule has 0 aromatic heterocycles. The molecule has 0 saturated carbocycles. The van der Waals surface area contributed by atoms with Crippen LogP contribution in [-0.4, -0.2) is 91.7 Å². The van der Waals surface area contributed by atoms with Crippen molar-refractivity contribution < 1.29 is 19.5 Å². The van der Waals surface area contributed by atoms with Crippen LogP contribution in [0.1, 0.15) is 37.7 Å². The van der Waals surface area contributed by atoms with Crippen LogP contribution in [0.2, 0.25) is 0 Å². The van der Waals surface area contributed by atoms with Crippen LogP contribution in [0.3, 0.4) is 0 Å². The number of aliphatic hydroxyl groups is 1. The second kappa shape index (κ2) is 13.0. The fourth-order valence-corrected chi connectivity index (χ4v) is 10.2. The van der Waals surface area contributed by atoms with Crippen molar-refractivity contribution in [1.29, 1.82) is 0 Å². The van der Waals surface area contributed by atoms with Crippen LogP contribution < -0.4 is 0 Å². The third kappa shape index (κ3) is 5.72. The highest BCUT2D eigenvalue weighted by Crippen LogP contribution is 2.68. The van der Waals surface area contributed by atoms with Crippen molar-refractivity contribution in [3.05, 3.63) is 61.2 Å². The number of hydrogen-bond acceptors (Lipinski definition) is 5. The molecule has 6 atom stereocenters. The molecule has 212 valence electrons. The summed E-state index contributed by atoms with van der Waals surface area (Å²) in [5.41, 5.74) is 1.02. The molecule has 3 heterocycles. The average molecular weight is 619 g/mol. The standard InChI is InChI=1S/C30H40BrN3O4S/c1-4-15-32(3)27(36)23-24-28(37)34(17-11-6-7-12-18-35)26(30(24)19-22(31)25(23)39-30)29(38)33(16-5-2)20-21-13-9-8-10-14-21/h4-5,8-10,13-14,22-26,35H,1-2,6-7,11-12,15-20H2,3H3/t22?,23-,24-,25-,26?,30?/m0/s1. The van der Waals surface area contributed by atoms with Crippen LogP contribution in [0, 0.1) is 11.8 Å². The zero-order chi connectivity index (χ0) is 28.2. The van der Waals surface area contributed by atoms with E-state index in [4.69, 9.17) is 5.11 Å². The van der Waals surface area contributed by atoms with E-state index in [1.165, 1.54) is 0 Å². The highest BCUT2D eigenvalue weighted by atomic mass is 79.9. The minimum absolute atomic E-state index is 0.0411. The van der Waals surface area contributed by atoms with Gasteiger partial charge >= 0.3 is 0 Å². The molecular formula is C30H40BrN3O4S. The van der Waals surface area contributed by atoms with Crippen molar-refractivity contribution in [1.82, 2.24) is 14.7 Å². The minimum atomic E-state index is -0.663. The number of hydrogen-bond donors (Lipinski definition) is 1. The lowest BCUT2D eigenvalue weighted by Crippen LogP contribution is -2.55. The molecule has 3 aliphatic heterocycles. The second-order valence-corrected chi connectivity index (χ2v) is 13.5. The van der Waals surface area contributed by atoms with Gasteiger partial charge in [0.05, 0.1) is 16.6 Å². The molecule has 1 aromatic carbocycles. The number of unbranched alkanes of at least 4 members (excludes halogenated alkanes) is 3. The fraction of sp³-hybridized carbons (Fsp3) is 0.567. The van der Waals surface area contributed by atoms with Gasteiger partial charge in [-0.2, -0.15) is 0 Å². The summed E-state index contributed by atoms with van der Waals surface area (Å²) in [5.74, 6) is -1.23. The Morgan fingerprint density at radius 3 is 2.49 bits per heavy atom. The van der Waals surface area contributed by atoms with Crippen LogP contribution in [0.15, 0.2) is 55.6 Å². The monoisotopic (exact) mass is 617 g/mol. The lowest BCUT2D eigenvalue weighted by atomic mass is 9.70. The summed E-state index contributed by atoms with van der Waals surface area (Å²) in [6.45, 7) is 9.49. The Bertz CT molecular complexity index is 1070. The smallest absolute Gasteiger partial charge is 0.247 e. The molecule has 3 amide bonds. The normalized spacial score (nSPS) is 28.8. The topological polar surface area (TPSA) is 81.2 Å². The van der Waals surface area contributed by atoms with Crippen LogP contribution in [0.5, 0.6) is 0 Å². The van der Waals surface area contributed by atoms with E-state index in [-0.39, 0.29) is 34.4 Å². The Balaban J connectivity index is 1.69. The highest BCUT2D eigenvalue weighted by molar-refractivity contribution is 9.09. The SMILES string of the molecule is C=CCN(C)C(=O)[C@H]1[C@H]2C(=O)N(CCCCCCO)C(C(=O)N(CC=C)Cc3ccccc3)C23CC(Br)[C@@H]1S3. The summed E-state index contributed by atoms with van der Waals surface area (Å²) >= 11 is 5.51. The maximum Gasteiger partial charge on any atom is 0.247 e. The molecule has 3 aliphatic rings. The summed E-state index contributed by atoms with van der Waals surface area (Å²) in [6.07, 6.45) is 7.30. The molecule has 3 saturated heterocycles. The van der Waals surface area contributed by atoms with Gasteiger partial charge in [0, 0.05) is 49.9 Å². The molecule has 7 nitrogen and oxygen atoms in total. The molecule has 0 aliphatic carbocycles. The van der Waals surface area contributed by atoms with E-state index < -0.39 is 22.6 Å². The van der Waals surface area contributed by atoms with Crippen LogP contribution in [0.4, 0.5) is 0 Å². The molecule has 3 fully saturated rings. The number of likely N-dealkylation sites (N-methyl/N-ethyl adjacent to an activating group) is 1. The number of amides is 3. The average Bonchev–Trinajstić information content (AvgIpc) is 3.51. The van der Waals surface area contributed by atoms with Gasteiger partial charge in [-0.3, -0.25) is 14.4 Å². The third-order valence-electron chi connectivity index (χ3n) is 8.27. The molecule has 1 N–H and O–H groups in total. The first-order valence-electron chi connectivity index (χ1n) is 13.8. The molecule has 0 radical (unpaired) electrons. The van der Waals surface area contributed by atoms with E-state index in [1.54, 1.807) is 45.7 Å². The van der Waals surface area contributed by atoms with Gasteiger partial charge in [-0.15, -0.1) is 24.9 Å². The van der Waals surface area contributed by atoms with Crippen molar-refractivity contribution in [2.24, 2.45) is 11.8 Å². The molecular weight excluding hydrogens is 578 g/mol. The third-order valence-corrected chi connectivity index (χ3v) is 11.5. The number of aliphatic hydroxyl groups excluding tert-OH is 1. The first-order chi connectivity index (χ1) is 18.8. The molecule has 2 bridgehead atoms. The van der Waals surface area contributed by atoms with Crippen molar-refractivity contribution in [2.45, 2.75) is 59.5 Å². The predicted octanol–water partition coefficient (Wildman–Crippen LogP) is 3.86. The highest BCUT2D eigenvalue weighted by Gasteiger charge is 2.75. The molecule has 3 unspecified atom stereocenters. The van der Waals surface area contributed by atoms with E-state index >= 15 is 0 Å². The van der Waals surface area contributed by atoms with E-state index in [1.807, 2.05) is 30.3 Å². The lowest BCUT2D eigenvalue weighted by Gasteiger charge is -2.38. The zero-order valence-corrected chi connectivity index (χ0v) is 25.1. The maximum absolute atomic E-state index is 14.5. The number of nitrogens with zero attached hydrogens (tertiary/aromatic N) is 3. The Hall–Kier alpha value is -2.10. The summed E-state index contributed by atoms with van der Waals surface area (Å²) < 4.78 is -0.663. The fourth-order valence-electron chi connectivity index (χ4n) is 6.58. The molecule has 1 aromatic rings. The number of alkyl halides is 1. The van der Waals surface area contributed by atoms with Crippen molar-refractivity contribution in [3.8, 4) is 0 Å². The maximum atomic E-state index is 14.5. The van der Waals surface area contributed by atoms with Gasteiger partial charge < -0.3 is 19.8 Å². The summed E-state index contributed by atoms with van der Waals surface area (Å²) in [5, 5.41) is 9.10. The van der Waals surface area contributed by atoms with E-state index in [0.717, 1.165) is 31.2 Å². The van der Waals surface area contributed by atoms with Gasteiger partial charge in [-0.05, 0) is 24.8 Å². The van der Waals surface area contributed by atoms with Crippen molar-refractivity contribution in [2.75, 3.05) is 33.3 Å². The van der Waals surface area contributed by atoms with E-state index in [0.29, 0.717) is 32.6 Å². The quantitative estimate of drug-likeness (QED) is 0.195. The van der Waals surface area contributed by atoms with Crippen LogP contribution >= 0.6 is 27.7 Å². The number of fused-ring (bicyclic) bond motifs is 1. The van der Waals surface area contributed by atoms with Gasteiger partial charge in [-0.25, -0.2) is 0 Å². The van der Waals surface area contributed by atoms with Crippen molar-refractivity contribution >= 4 is 45.4 Å². The number of benzene rings is 1. The number of carbonyl (C=O) groups is 3. The first-order valence-corrected chi connectivity index (χ1v) is 15.6. The van der Waals surface area contributed by atoms with Crippen molar-refractivity contribution in [3.63, 3.8) is 0 Å². The summed E-state index contributed by atoms with van der Waals surface area (Å²) in [7, 11) is 1.75. The van der Waals surface area contributed by atoms with E-state index in [9.17, 15) is 14.4 Å². The predicted molar refractivity (Wildman–Crippen MR) is 159 cm³/mol. The Labute approximate surface area is 244 Å². The summed E-state index contributed by atoms with van der Waals surface area (Å²) in [4.78, 5) is 47.7. The van der Waals surface area contributed by atoms with E-state index in [2.05, 4.69) is 29.1 Å². The molecule has 4 rings (SSSR count). The molecule has 1 spiro atoms. The minimum Gasteiger partial charge on any atom is -0.396 e. The van der Waals surface area contributed by atoms with Gasteiger partial charge in [0.25, 0.3) is 0 Å². The molecule has 39 heavy (non-hydrogen) atoms. The number of rotatable bonds is 14. The molecule has 9 heteroatoms. The zero-order valence-electron chi connectivity index (χ0n) is 22.7. The lowest BCUT2D eigenvalue weighted by molar-refractivity contribution is -0.144. The van der Waals surface area contributed by atoms with Gasteiger partial charge in [-0.1, -0.05) is 71.3 Å². The first kappa shape index (κ1) is 29.9. The number of carbonyl (C=O) groups excluding carboxylic acids is 3. The largest absolute Gasteiger partial charge is 0.396 e. The Morgan fingerprint density at radius 2 is 1.82 bits per heavy atom. The Kier molecular flexibility index (Phi) is 9.99. The van der Waals surface area contributed by atoms with Gasteiger partial charge in [0.15, 0.2) is 0 Å².